The Kier molecular flexibility index (Phi) is 5.98. The van der Waals surface area contributed by atoms with Crippen molar-refractivity contribution in [3.05, 3.63) is 23.8 Å². The van der Waals surface area contributed by atoms with Gasteiger partial charge in [0.05, 0.1) is 0 Å². The first-order chi connectivity index (χ1) is 9.79. The van der Waals surface area contributed by atoms with E-state index < -0.39 is 12.0 Å². The second kappa shape index (κ2) is 7.49. The number of aliphatic carboxylic acids is 1. The van der Waals surface area contributed by atoms with Gasteiger partial charge in [-0.2, -0.15) is 0 Å². The lowest BCUT2D eigenvalue weighted by Gasteiger charge is -2.16. The molecule has 1 aromatic carbocycles. The second-order valence-electron chi connectivity index (χ2n) is 5.04. The molecule has 1 amide bonds. The Morgan fingerprint density at radius 3 is 2.43 bits per heavy atom. The number of carbonyl (C=O) groups is 2. The number of phenols is 2. The van der Waals surface area contributed by atoms with E-state index in [1.165, 1.54) is 18.2 Å². The van der Waals surface area contributed by atoms with E-state index in [9.17, 15) is 19.8 Å². The van der Waals surface area contributed by atoms with Gasteiger partial charge in [0.25, 0.3) is 0 Å². The van der Waals surface area contributed by atoms with Gasteiger partial charge in [-0.3, -0.25) is 4.79 Å². The highest BCUT2D eigenvalue weighted by Crippen LogP contribution is 2.25. The van der Waals surface area contributed by atoms with Gasteiger partial charge in [-0.15, -0.1) is 0 Å². The fourth-order valence-electron chi connectivity index (χ4n) is 1.72. The lowest BCUT2D eigenvalue weighted by atomic mass is 10.1. The molecule has 21 heavy (non-hydrogen) atoms. The maximum absolute atomic E-state index is 11.7. The molecular weight excluding hydrogens is 276 g/mol. The van der Waals surface area contributed by atoms with Crippen molar-refractivity contribution in [3.8, 4) is 11.5 Å². The number of aromatic hydroxyl groups is 2. The fourth-order valence-corrected chi connectivity index (χ4v) is 1.72. The zero-order valence-electron chi connectivity index (χ0n) is 12.0. The zero-order valence-corrected chi connectivity index (χ0v) is 12.0. The van der Waals surface area contributed by atoms with Crippen molar-refractivity contribution in [2.24, 2.45) is 0 Å². The molecule has 1 rings (SSSR count). The summed E-state index contributed by atoms with van der Waals surface area (Å²) < 4.78 is 0. The molecule has 0 bridgehead atoms. The van der Waals surface area contributed by atoms with Gasteiger partial charge in [0.1, 0.15) is 6.04 Å². The highest BCUT2D eigenvalue weighted by Gasteiger charge is 2.20. The summed E-state index contributed by atoms with van der Waals surface area (Å²) in [6, 6.07) is 2.97. The molecule has 0 fully saturated rings. The van der Waals surface area contributed by atoms with Crippen molar-refractivity contribution >= 4 is 11.9 Å². The maximum Gasteiger partial charge on any atom is 0.326 e. The molecule has 0 aliphatic heterocycles. The largest absolute Gasteiger partial charge is 0.504 e. The molecule has 7 heteroatoms. The number of amides is 1. The monoisotopic (exact) mass is 296 g/mol. The first kappa shape index (κ1) is 16.8. The van der Waals surface area contributed by atoms with Crippen LogP contribution in [0.4, 0.5) is 0 Å². The molecule has 0 radical (unpaired) electrons. The molecule has 0 aliphatic carbocycles. The van der Waals surface area contributed by atoms with Crippen LogP contribution in [0.15, 0.2) is 18.2 Å². The van der Waals surface area contributed by atoms with Crippen LogP contribution in [0.25, 0.3) is 0 Å². The topological polar surface area (TPSA) is 110 Å². The van der Waals surface area contributed by atoms with Crippen LogP contribution in [-0.2, 0) is 16.0 Å². The summed E-state index contributed by atoms with van der Waals surface area (Å²) in [5.74, 6) is -2.10. The Bertz CT molecular complexity index is 516. The lowest BCUT2D eigenvalue weighted by Crippen LogP contribution is -2.43. The number of rotatable bonds is 7. The summed E-state index contributed by atoms with van der Waals surface area (Å²) >= 11 is 0. The number of benzene rings is 1. The number of carbonyl (C=O) groups excluding carboxylic acids is 1. The molecule has 0 spiro atoms. The van der Waals surface area contributed by atoms with E-state index in [-0.39, 0.29) is 30.2 Å². The lowest BCUT2D eigenvalue weighted by molar-refractivity contribution is -0.141. The summed E-state index contributed by atoms with van der Waals surface area (Å²) in [7, 11) is 3.64. The number of nitrogens with one attached hydrogen (secondary N) is 1. The van der Waals surface area contributed by atoms with Gasteiger partial charge >= 0.3 is 5.97 Å². The predicted molar refractivity (Wildman–Crippen MR) is 76.2 cm³/mol. The van der Waals surface area contributed by atoms with Crippen LogP contribution >= 0.6 is 0 Å². The molecule has 116 valence electrons. The van der Waals surface area contributed by atoms with Crippen molar-refractivity contribution in [1.82, 2.24) is 10.2 Å². The number of carboxylic acid groups (broad SMARTS) is 1. The van der Waals surface area contributed by atoms with E-state index in [0.29, 0.717) is 12.1 Å². The van der Waals surface area contributed by atoms with Gasteiger partial charge in [0, 0.05) is 19.4 Å². The third kappa shape index (κ3) is 5.70. The van der Waals surface area contributed by atoms with E-state index in [1.807, 2.05) is 19.0 Å². The number of phenolic OH excluding ortho intramolecular Hbond substituents is 2. The summed E-state index contributed by atoms with van der Waals surface area (Å²) in [5.41, 5.74) is 0.505. The van der Waals surface area contributed by atoms with Gasteiger partial charge in [0.15, 0.2) is 11.5 Å². The Morgan fingerprint density at radius 1 is 1.24 bits per heavy atom. The Morgan fingerprint density at radius 2 is 1.90 bits per heavy atom. The van der Waals surface area contributed by atoms with Crippen molar-refractivity contribution in [2.75, 3.05) is 20.6 Å². The molecule has 0 heterocycles. The van der Waals surface area contributed by atoms with Gasteiger partial charge < -0.3 is 25.5 Å². The van der Waals surface area contributed by atoms with Crippen LogP contribution in [0.1, 0.15) is 12.0 Å². The number of carboxylic acids is 1. The fraction of sp³-hybridized carbons (Fsp3) is 0.429. The third-order valence-corrected chi connectivity index (χ3v) is 2.90. The molecule has 0 aromatic heterocycles. The van der Waals surface area contributed by atoms with Gasteiger partial charge in [0.2, 0.25) is 5.91 Å². The standard InChI is InChI=1S/C14H20N2O5/c1-16(2)6-5-13(19)15-10(14(20)21)7-9-3-4-11(17)12(18)8-9/h3-4,8,10,17-18H,5-7H2,1-2H3,(H,15,19)(H,20,21)/t10-/m0/s1. The Hall–Kier alpha value is -2.28. The van der Waals surface area contributed by atoms with Crippen molar-refractivity contribution < 1.29 is 24.9 Å². The molecule has 1 aromatic rings. The van der Waals surface area contributed by atoms with Crippen molar-refractivity contribution in [1.29, 1.82) is 0 Å². The number of nitrogens with zero attached hydrogens (tertiary/aromatic N) is 1. The average Bonchev–Trinajstić information content (AvgIpc) is 2.39. The predicted octanol–water partition coefficient (Wildman–Crippen LogP) is 0.161. The van der Waals surface area contributed by atoms with Gasteiger partial charge in [-0.25, -0.2) is 4.79 Å². The Labute approximate surface area is 122 Å². The van der Waals surface area contributed by atoms with E-state index in [2.05, 4.69) is 5.32 Å². The molecular formula is C14H20N2O5. The minimum Gasteiger partial charge on any atom is -0.504 e. The van der Waals surface area contributed by atoms with Crippen LogP contribution in [0.2, 0.25) is 0 Å². The smallest absolute Gasteiger partial charge is 0.326 e. The molecule has 0 unspecified atom stereocenters. The SMILES string of the molecule is CN(C)CCC(=O)N[C@@H](Cc1ccc(O)c(O)c1)C(=O)O. The average molecular weight is 296 g/mol. The van der Waals surface area contributed by atoms with E-state index in [1.54, 1.807) is 0 Å². The van der Waals surface area contributed by atoms with E-state index >= 15 is 0 Å². The summed E-state index contributed by atoms with van der Waals surface area (Å²) in [6.07, 6.45) is 0.231. The summed E-state index contributed by atoms with van der Waals surface area (Å²) in [4.78, 5) is 24.7. The molecule has 7 nitrogen and oxygen atoms in total. The highest BCUT2D eigenvalue weighted by atomic mass is 16.4. The van der Waals surface area contributed by atoms with Crippen LogP contribution in [0.5, 0.6) is 11.5 Å². The van der Waals surface area contributed by atoms with Crippen molar-refractivity contribution in [2.45, 2.75) is 18.9 Å². The van der Waals surface area contributed by atoms with Crippen LogP contribution in [-0.4, -0.2) is 58.8 Å². The molecule has 0 saturated heterocycles. The van der Waals surface area contributed by atoms with E-state index in [4.69, 9.17) is 5.11 Å². The third-order valence-electron chi connectivity index (χ3n) is 2.90. The van der Waals surface area contributed by atoms with E-state index in [0.717, 1.165) is 0 Å². The van der Waals surface area contributed by atoms with Crippen LogP contribution in [0, 0.1) is 0 Å². The molecule has 1 atom stereocenters. The van der Waals surface area contributed by atoms with Crippen LogP contribution in [0.3, 0.4) is 0 Å². The summed E-state index contributed by atoms with van der Waals surface area (Å²) in [5, 5.41) is 30.2. The number of hydrogen-bond donors (Lipinski definition) is 4. The molecule has 4 N–H and O–H groups in total. The first-order valence-corrected chi connectivity index (χ1v) is 6.47. The van der Waals surface area contributed by atoms with Gasteiger partial charge in [-0.1, -0.05) is 6.07 Å². The number of hydrogen-bond acceptors (Lipinski definition) is 5. The zero-order chi connectivity index (χ0) is 16.0. The normalized spacial score (nSPS) is 12.1. The highest BCUT2D eigenvalue weighted by molar-refractivity contribution is 5.83. The minimum atomic E-state index is -1.15. The molecule has 0 aliphatic rings. The maximum atomic E-state index is 11.7. The first-order valence-electron chi connectivity index (χ1n) is 6.47. The molecule has 0 saturated carbocycles. The summed E-state index contributed by atoms with van der Waals surface area (Å²) in [6.45, 7) is 0.526. The Balaban J connectivity index is 2.67. The minimum absolute atomic E-state index is 0.0247. The van der Waals surface area contributed by atoms with Gasteiger partial charge in [-0.05, 0) is 31.8 Å². The van der Waals surface area contributed by atoms with Crippen molar-refractivity contribution in [3.63, 3.8) is 0 Å². The second-order valence-corrected chi connectivity index (χ2v) is 5.04. The van der Waals surface area contributed by atoms with Crippen LogP contribution < -0.4 is 5.32 Å². The quantitative estimate of drug-likeness (QED) is 0.534.